The van der Waals surface area contributed by atoms with Crippen molar-refractivity contribution in [3.8, 4) is 5.75 Å². The van der Waals surface area contributed by atoms with Crippen molar-refractivity contribution >= 4 is 17.5 Å². The van der Waals surface area contributed by atoms with Gasteiger partial charge in [0, 0.05) is 23.6 Å². The first-order valence-electron chi connectivity index (χ1n) is 7.77. The maximum absolute atomic E-state index is 12.7. The van der Waals surface area contributed by atoms with Crippen LogP contribution in [0.4, 0.5) is 0 Å². The van der Waals surface area contributed by atoms with Crippen LogP contribution in [0.25, 0.3) is 0 Å². The average molecular weight is 350 g/mol. The number of halogens is 1. The second kappa shape index (κ2) is 6.37. The number of nitrogens with one attached hydrogen (secondary N) is 1. The van der Waals surface area contributed by atoms with E-state index in [1.165, 1.54) is 0 Å². The van der Waals surface area contributed by atoms with Crippen LogP contribution in [-0.4, -0.2) is 57.7 Å². The Balaban J connectivity index is 1.48. The van der Waals surface area contributed by atoms with Crippen molar-refractivity contribution in [2.45, 2.75) is 18.9 Å². The lowest BCUT2D eigenvalue weighted by molar-refractivity contribution is -0.138. The largest absolute Gasteiger partial charge is 0.493 e. The van der Waals surface area contributed by atoms with Crippen molar-refractivity contribution in [1.82, 2.24) is 25.5 Å². The second-order valence-electron chi connectivity index (χ2n) is 5.80. The monoisotopic (exact) mass is 349 g/mol. The number of ether oxygens (including phenoxy) is 2. The Morgan fingerprint density at radius 2 is 2.33 bits per heavy atom. The smallest absolute Gasteiger partial charge is 0.227 e. The predicted molar refractivity (Wildman–Crippen MR) is 83.8 cm³/mol. The third kappa shape index (κ3) is 2.94. The minimum Gasteiger partial charge on any atom is -0.493 e. The van der Waals surface area contributed by atoms with Crippen LogP contribution in [0, 0.1) is 0 Å². The average Bonchev–Trinajstić information content (AvgIpc) is 3.26. The van der Waals surface area contributed by atoms with Gasteiger partial charge in [-0.05, 0) is 17.7 Å². The van der Waals surface area contributed by atoms with Crippen molar-refractivity contribution in [2.75, 3.05) is 26.3 Å². The lowest BCUT2D eigenvalue weighted by Crippen LogP contribution is -2.43. The zero-order valence-electron chi connectivity index (χ0n) is 12.9. The SMILES string of the molecule is O=C(Cc1cc(Cl)cc2c1OCC2)N1CCOC(c2nn[nH]n2)C1. The van der Waals surface area contributed by atoms with E-state index in [-0.39, 0.29) is 18.4 Å². The Morgan fingerprint density at radius 1 is 1.42 bits per heavy atom. The van der Waals surface area contributed by atoms with Gasteiger partial charge in [-0.25, -0.2) is 0 Å². The number of H-pyrrole nitrogens is 1. The molecule has 126 valence electrons. The first kappa shape index (κ1) is 15.3. The van der Waals surface area contributed by atoms with E-state index in [0.717, 1.165) is 23.3 Å². The second-order valence-corrected chi connectivity index (χ2v) is 6.23. The Kier molecular flexibility index (Phi) is 4.07. The van der Waals surface area contributed by atoms with E-state index in [1.807, 2.05) is 6.07 Å². The molecule has 8 nitrogen and oxygen atoms in total. The Morgan fingerprint density at radius 3 is 3.17 bits per heavy atom. The first-order valence-corrected chi connectivity index (χ1v) is 8.15. The van der Waals surface area contributed by atoms with Crippen molar-refractivity contribution < 1.29 is 14.3 Å². The number of carbonyl (C=O) groups excluding carboxylic acids is 1. The molecule has 1 fully saturated rings. The van der Waals surface area contributed by atoms with Gasteiger partial charge >= 0.3 is 0 Å². The third-order valence-electron chi connectivity index (χ3n) is 4.24. The summed E-state index contributed by atoms with van der Waals surface area (Å²) in [6, 6.07) is 3.71. The van der Waals surface area contributed by atoms with Gasteiger partial charge in [0.15, 0.2) is 0 Å². The number of nitrogens with zero attached hydrogens (tertiary/aromatic N) is 4. The van der Waals surface area contributed by atoms with Gasteiger partial charge in [-0.15, -0.1) is 10.2 Å². The fourth-order valence-corrected chi connectivity index (χ4v) is 3.35. The Hall–Kier alpha value is -2.19. The Bertz CT molecular complexity index is 752. The lowest BCUT2D eigenvalue weighted by Gasteiger charge is -2.31. The highest BCUT2D eigenvalue weighted by atomic mass is 35.5. The van der Waals surface area contributed by atoms with E-state index in [4.69, 9.17) is 21.1 Å². The third-order valence-corrected chi connectivity index (χ3v) is 4.45. The summed E-state index contributed by atoms with van der Waals surface area (Å²) >= 11 is 6.16. The number of fused-ring (bicyclic) bond motifs is 1. The van der Waals surface area contributed by atoms with E-state index in [1.54, 1.807) is 11.0 Å². The lowest BCUT2D eigenvalue weighted by atomic mass is 10.0. The summed E-state index contributed by atoms with van der Waals surface area (Å²) in [7, 11) is 0. The summed E-state index contributed by atoms with van der Waals surface area (Å²) < 4.78 is 11.3. The number of aromatic nitrogens is 4. The highest BCUT2D eigenvalue weighted by Crippen LogP contribution is 2.33. The van der Waals surface area contributed by atoms with E-state index in [9.17, 15) is 4.79 Å². The molecule has 1 N–H and O–H groups in total. The van der Waals surface area contributed by atoms with Crippen LogP contribution in [0.2, 0.25) is 5.02 Å². The molecule has 3 heterocycles. The molecule has 1 aromatic carbocycles. The maximum atomic E-state index is 12.7. The first-order chi connectivity index (χ1) is 11.7. The van der Waals surface area contributed by atoms with Crippen LogP contribution in [-0.2, 0) is 22.4 Å². The molecule has 0 aliphatic carbocycles. The van der Waals surface area contributed by atoms with Crippen molar-refractivity contribution in [2.24, 2.45) is 0 Å². The molecule has 9 heteroatoms. The summed E-state index contributed by atoms with van der Waals surface area (Å²) in [5.74, 6) is 1.27. The van der Waals surface area contributed by atoms with Gasteiger partial charge in [0.05, 0.1) is 26.2 Å². The van der Waals surface area contributed by atoms with Crippen LogP contribution in [0.15, 0.2) is 12.1 Å². The van der Waals surface area contributed by atoms with Crippen LogP contribution < -0.4 is 4.74 Å². The molecule has 2 aliphatic heterocycles. The maximum Gasteiger partial charge on any atom is 0.227 e. The predicted octanol–water partition coefficient (Wildman–Crippen LogP) is 0.931. The summed E-state index contributed by atoms with van der Waals surface area (Å²) in [6.07, 6.45) is 0.721. The molecular weight excluding hydrogens is 334 g/mol. The number of hydrogen-bond donors (Lipinski definition) is 1. The molecule has 1 amide bonds. The molecule has 1 atom stereocenters. The molecule has 0 saturated carbocycles. The van der Waals surface area contributed by atoms with E-state index in [0.29, 0.717) is 37.2 Å². The number of tetrazole rings is 1. The normalized spacial score (nSPS) is 19.9. The summed E-state index contributed by atoms with van der Waals surface area (Å²) in [6.45, 7) is 2.02. The molecule has 24 heavy (non-hydrogen) atoms. The van der Waals surface area contributed by atoms with E-state index in [2.05, 4.69) is 20.6 Å². The molecule has 1 aromatic heterocycles. The number of benzene rings is 1. The van der Waals surface area contributed by atoms with Crippen LogP contribution in [0.3, 0.4) is 0 Å². The van der Waals surface area contributed by atoms with Gasteiger partial charge in [-0.1, -0.05) is 16.8 Å². The molecule has 2 aromatic rings. The number of aromatic amines is 1. The van der Waals surface area contributed by atoms with Gasteiger partial charge in [-0.3, -0.25) is 4.79 Å². The van der Waals surface area contributed by atoms with E-state index >= 15 is 0 Å². The number of morpholine rings is 1. The summed E-state index contributed by atoms with van der Waals surface area (Å²) in [5, 5.41) is 14.4. The van der Waals surface area contributed by atoms with Gasteiger partial charge in [0.2, 0.25) is 11.7 Å². The van der Waals surface area contributed by atoms with E-state index < -0.39 is 0 Å². The molecule has 0 radical (unpaired) electrons. The minimum absolute atomic E-state index is 0.00626. The van der Waals surface area contributed by atoms with Gasteiger partial charge in [-0.2, -0.15) is 5.21 Å². The number of hydrogen-bond acceptors (Lipinski definition) is 6. The fraction of sp³-hybridized carbons (Fsp3) is 0.467. The molecule has 2 aliphatic rings. The fourth-order valence-electron chi connectivity index (χ4n) is 3.09. The Labute approximate surface area is 143 Å². The standard InChI is InChI=1S/C15H16ClN5O3/c16-11-5-9-1-3-24-14(9)10(6-11)7-13(22)21-2-4-23-12(8-21)15-17-19-20-18-15/h5-6,12H,1-4,7-8H2,(H,17,18,19,20). The molecular formula is C15H16ClN5O3. The van der Waals surface area contributed by atoms with Gasteiger partial charge in [0.25, 0.3) is 0 Å². The highest BCUT2D eigenvalue weighted by molar-refractivity contribution is 6.30. The topological polar surface area (TPSA) is 93.2 Å². The molecule has 0 spiro atoms. The molecule has 4 rings (SSSR count). The zero-order valence-corrected chi connectivity index (χ0v) is 13.6. The van der Waals surface area contributed by atoms with Crippen LogP contribution >= 0.6 is 11.6 Å². The van der Waals surface area contributed by atoms with Crippen LogP contribution in [0.5, 0.6) is 5.75 Å². The van der Waals surface area contributed by atoms with Gasteiger partial charge < -0.3 is 14.4 Å². The highest BCUT2D eigenvalue weighted by Gasteiger charge is 2.29. The van der Waals surface area contributed by atoms with Crippen molar-refractivity contribution in [3.05, 3.63) is 34.1 Å². The zero-order chi connectivity index (χ0) is 16.5. The number of carbonyl (C=O) groups is 1. The molecule has 1 unspecified atom stereocenters. The summed E-state index contributed by atoms with van der Waals surface area (Å²) in [5.41, 5.74) is 1.90. The number of rotatable bonds is 3. The quantitative estimate of drug-likeness (QED) is 0.886. The van der Waals surface area contributed by atoms with Crippen molar-refractivity contribution in [3.63, 3.8) is 0 Å². The van der Waals surface area contributed by atoms with Crippen molar-refractivity contribution in [1.29, 1.82) is 0 Å². The summed E-state index contributed by atoms with van der Waals surface area (Å²) in [4.78, 5) is 14.5. The molecule has 1 saturated heterocycles. The van der Waals surface area contributed by atoms with Crippen LogP contribution in [0.1, 0.15) is 23.1 Å². The number of amides is 1. The van der Waals surface area contributed by atoms with Gasteiger partial charge in [0.1, 0.15) is 11.9 Å². The minimum atomic E-state index is -0.359. The molecule has 0 bridgehead atoms.